The van der Waals surface area contributed by atoms with E-state index in [9.17, 15) is 31.1 Å². The van der Waals surface area contributed by atoms with Gasteiger partial charge in [0.05, 0.1) is 11.1 Å². The van der Waals surface area contributed by atoms with Crippen LogP contribution in [0.25, 0.3) is 10.9 Å². The van der Waals surface area contributed by atoms with E-state index < -0.39 is 35.9 Å². The minimum atomic E-state index is -4.88. The van der Waals surface area contributed by atoms with Crippen LogP contribution in [0.15, 0.2) is 18.2 Å². The summed E-state index contributed by atoms with van der Waals surface area (Å²) in [6.07, 6.45) is -9.48. The topological polar surface area (TPSA) is 80.0 Å². The van der Waals surface area contributed by atoms with Crippen LogP contribution in [-0.2, 0) is 6.18 Å². The second-order valence-electron chi connectivity index (χ2n) is 5.18. The van der Waals surface area contributed by atoms with Crippen molar-refractivity contribution >= 4 is 22.5 Å². The van der Waals surface area contributed by atoms with E-state index in [0.717, 1.165) is 6.07 Å². The van der Waals surface area contributed by atoms with E-state index in [0.29, 0.717) is 6.07 Å². The van der Waals surface area contributed by atoms with Gasteiger partial charge in [0.25, 0.3) is 5.91 Å². The number of nitrogen functional groups attached to an aromatic ring is 1. The molecule has 0 aliphatic heterocycles. The number of aromatic nitrogens is 1. The van der Waals surface area contributed by atoms with Crippen molar-refractivity contribution in [3.05, 3.63) is 35.0 Å². The van der Waals surface area contributed by atoms with Crippen LogP contribution in [0.5, 0.6) is 0 Å². The second kappa shape index (κ2) is 6.39. The molecule has 11 heteroatoms. The molecule has 1 amide bonds. The summed E-state index contributed by atoms with van der Waals surface area (Å²) in [4.78, 5) is 15.2. The van der Waals surface area contributed by atoms with Crippen LogP contribution >= 0.6 is 0 Å². The van der Waals surface area contributed by atoms with Crippen LogP contribution in [0, 0.1) is 6.92 Å². The summed E-state index contributed by atoms with van der Waals surface area (Å²) in [5, 5.41) is 1.88. The van der Waals surface area contributed by atoms with Gasteiger partial charge in [-0.25, -0.2) is 10.8 Å². The normalized spacial score (nSPS) is 12.3. The number of anilines is 1. The summed E-state index contributed by atoms with van der Waals surface area (Å²) in [7, 11) is 0. The Hall–Kier alpha value is -2.56. The van der Waals surface area contributed by atoms with Gasteiger partial charge < -0.3 is 5.32 Å². The number of halogens is 6. The predicted octanol–water partition coefficient (Wildman–Crippen LogP) is 3.14. The van der Waals surface area contributed by atoms with Crippen molar-refractivity contribution in [2.45, 2.75) is 19.3 Å². The summed E-state index contributed by atoms with van der Waals surface area (Å²) >= 11 is 0. The summed E-state index contributed by atoms with van der Waals surface area (Å²) in [6, 6.07) is 2.83. The van der Waals surface area contributed by atoms with Crippen molar-refractivity contribution in [2.24, 2.45) is 5.84 Å². The Morgan fingerprint density at radius 3 is 2.32 bits per heavy atom. The van der Waals surface area contributed by atoms with Crippen LogP contribution in [0.1, 0.15) is 21.6 Å². The van der Waals surface area contributed by atoms with Crippen LogP contribution in [0.4, 0.5) is 32.0 Å². The number of carbonyl (C=O) groups is 1. The first-order valence-corrected chi connectivity index (χ1v) is 6.76. The maximum atomic E-state index is 13.3. The number of alkyl halides is 6. The third kappa shape index (κ3) is 4.29. The van der Waals surface area contributed by atoms with Gasteiger partial charge in [0.2, 0.25) is 0 Å². The summed E-state index contributed by atoms with van der Waals surface area (Å²) in [5.74, 6) is 4.06. The first-order valence-electron chi connectivity index (χ1n) is 6.76. The van der Waals surface area contributed by atoms with Gasteiger partial charge in [-0.05, 0) is 30.7 Å². The number of carbonyl (C=O) groups excluding carboxylic acids is 1. The third-order valence-electron chi connectivity index (χ3n) is 3.28. The minimum Gasteiger partial charge on any atom is -0.376 e. The van der Waals surface area contributed by atoms with Gasteiger partial charge >= 0.3 is 12.4 Å². The Morgan fingerprint density at radius 2 is 1.80 bits per heavy atom. The number of rotatable bonds is 3. The lowest BCUT2D eigenvalue weighted by atomic mass is 10.0. The number of amides is 1. The summed E-state index contributed by atoms with van der Waals surface area (Å²) in [6.45, 7) is -0.0824. The Balaban J connectivity index is 2.67. The van der Waals surface area contributed by atoms with Gasteiger partial charge in [0.1, 0.15) is 12.2 Å². The highest BCUT2D eigenvalue weighted by Gasteiger charge is 2.35. The van der Waals surface area contributed by atoms with Crippen molar-refractivity contribution in [2.75, 3.05) is 11.9 Å². The second-order valence-corrected chi connectivity index (χ2v) is 5.18. The van der Waals surface area contributed by atoms with E-state index in [1.54, 1.807) is 5.43 Å². The molecule has 1 aromatic heterocycles. The van der Waals surface area contributed by atoms with Crippen LogP contribution < -0.4 is 16.6 Å². The number of nitrogens with zero attached hydrogens (tertiary/aromatic N) is 1. The van der Waals surface area contributed by atoms with Crippen LogP contribution in [-0.4, -0.2) is 23.6 Å². The van der Waals surface area contributed by atoms with E-state index in [-0.39, 0.29) is 22.3 Å². The van der Waals surface area contributed by atoms with Gasteiger partial charge in [0, 0.05) is 11.1 Å². The predicted molar refractivity (Wildman–Crippen MR) is 77.7 cm³/mol. The van der Waals surface area contributed by atoms with E-state index in [2.05, 4.69) is 4.98 Å². The highest BCUT2D eigenvalue weighted by atomic mass is 19.4. The van der Waals surface area contributed by atoms with E-state index in [1.165, 1.54) is 13.0 Å². The number of hydrogen-bond acceptors (Lipinski definition) is 4. The first kappa shape index (κ1) is 18.8. The molecule has 0 spiro atoms. The molecule has 2 rings (SSSR count). The highest BCUT2D eigenvalue weighted by molar-refractivity contribution is 5.97. The average Bonchev–Trinajstić information content (AvgIpc) is 2.50. The lowest BCUT2D eigenvalue weighted by molar-refractivity contribution is -0.136. The van der Waals surface area contributed by atoms with Crippen molar-refractivity contribution < 1.29 is 31.1 Å². The Kier molecular flexibility index (Phi) is 4.80. The smallest absolute Gasteiger partial charge is 0.376 e. The maximum Gasteiger partial charge on any atom is 0.418 e. The molecule has 0 saturated carbocycles. The van der Waals surface area contributed by atoms with Crippen molar-refractivity contribution in [3.8, 4) is 0 Å². The van der Waals surface area contributed by atoms with E-state index in [1.807, 2.05) is 5.32 Å². The molecule has 0 radical (unpaired) electrons. The zero-order valence-electron chi connectivity index (χ0n) is 12.6. The molecule has 1 aromatic carbocycles. The number of aryl methyl sites for hydroxylation is 1. The SMILES string of the molecule is Cc1cc(C(=O)NN)nc2c(C(F)(F)F)cc(NCC(F)(F)F)cc12. The fraction of sp³-hybridized carbons (Fsp3) is 0.286. The quantitative estimate of drug-likeness (QED) is 0.337. The van der Waals surface area contributed by atoms with Crippen molar-refractivity contribution in [3.63, 3.8) is 0 Å². The van der Waals surface area contributed by atoms with Gasteiger partial charge in [-0.3, -0.25) is 10.2 Å². The molecule has 0 unspecified atom stereocenters. The van der Waals surface area contributed by atoms with E-state index >= 15 is 0 Å². The fourth-order valence-corrected chi connectivity index (χ4v) is 2.20. The molecule has 0 fully saturated rings. The molecule has 1 heterocycles. The van der Waals surface area contributed by atoms with Crippen LogP contribution in [0.3, 0.4) is 0 Å². The standard InChI is InChI=1S/C14H12F6N4O/c1-6-2-10(12(25)24-21)23-11-8(6)3-7(22-5-13(15,16)17)4-9(11)14(18,19)20/h2-4,22H,5,21H2,1H3,(H,24,25). The van der Waals surface area contributed by atoms with E-state index in [4.69, 9.17) is 5.84 Å². The molecule has 25 heavy (non-hydrogen) atoms. The molecule has 0 atom stereocenters. The summed E-state index contributed by atoms with van der Waals surface area (Å²) in [5.41, 5.74) is -0.527. The van der Waals surface area contributed by atoms with Gasteiger partial charge in [-0.1, -0.05) is 0 Å². The molecule has 4 N–H and O–H groups in total. The third-order valence-corrected chi connectivity index (χ3v) is 3.28. The monoisotopic (exact) mass is 366 g/mol. The number of fused-ring (bicyclic) bond motifs is 1. The first-order chi connectivity index (χ1) is 11.4. The molecule has 136 valence electrons. The zero-order valence-corrected chi connectivity index (χ0v) is 12.6. The molecule has 0 aliphatic carbocycles. The lowest BCUT2D eigenvalue weighted by Gasteiger charge is -2.16. The fourth-order valence-electron chi connectivity index (χ4n) is 2.20. The lowest BCUT2D eigenvalue weighted by Crippen LogP contribution is -2.30. The van der Waals surface area contributed by atoms with Crippen LogP contribution in [0.2, 0.25) is 0 Å². The van der Waals surface area contributed by atoms with Gasteiger partial charge in [0.15, 0.2) is 0 Å². The largest absolute Gasteiger partial charge is 0.418 e. The van der Waals surface area contributed by atoms with Crippen molar-refractivity contribution in [1.29, 1.82) is 0 Å². The average molecular weight is 366 g/mol. The molecule has 2 aromatic rings. The molecular weight excluding hydrogens is 354 g/mol. The maximum absolute atomic E-state index is 13.3. The number of hydrazine groups is 1. The number of hydrogen-bond donors (Lipinski definition) is 3. The molecular formula is C14H12F6N4O. The van der Waals surface area contributed by atoms with Gasteiger partial charge in [-0.15, -0.1) is 0 Å². The minimum absolute atomic E-state index is 0.0342. The zero-order chi connectivity index (χ0) is 19.0. The molecule has 0 saturated heterocycles. The molecule has 0 bridgehead atoms. The number of benzene rings is 1. The Bertz CT molecular complexity index is 816. The molecule has 5 nitrogen and oxygen atoms in total. The van der Waals surface area contributed by atoms with Crippen molar-refractivity contribution in [1.82, 2.24) is 10.4 Å². The number of nitrogens with two attached hydrogens (primary N) is 1. The summed E-state index contributed by atoms with van der Waals surface area (Å²) < 4.78 is 76.8. The Labute approximate surface area is 137 Å². The number of nitrogens with one attached hydrogen (secondary N) is 2. The molecule has 0 aliphatic rings. The number of pyridine rings is 1. The highest BCUT2D eigenvalue weighted by Crippen LogP contribution is 2.37. The van der Waals surface area contributed by atoms with Gasteiger partial charge in [-0.2, -0.15) is 26.3 Å². The Morgan fingerprint density at radius 1 is 1.16 bits per heavy atom.